The normalized spacial score (nSPS) is 22.0. The fourth-order valence-electron chi connectivity index (χ4n) is 3.10. The Kier molecular flexibility index (Phi) is 6.24. The first-order valence-corrected chi connectivity index (χ1v) is 7.78. The molecule has 5 nitrogen and oxygen atoms in total. The first-order chi connectivity index (χ1) is 9.86. The standard InChI is InChI=1S/C16H28N2O3/c1-5-8-16(14(19)20)9-7-10-18(12-16)15(21)17(6-2)11-13(3)4/h3,5-12H2,1-2,4H3,(H,19,20). The SMILES string of the molecule is C=C(C)CN(CC)C(=O)N1CCCC(CCC)(C(=O)O)C1. The van der Waals surface area contributed by atoms with E-state index >= 15 is 0 Å². The second-order valence-electron chi connectivity index (χ2n) is 6.11. The van der Waals surface area contributed by atoms with Crippen molar-refractivity contribution in [3.8, 4) is 0 Å². The monoisotopic (exact) mass is 296 g/mol. The minimum absolute atomic E-state index is 0.0677. The van der Waals surface area contributed by atoms with Crippen molar-refractivity contribution in [1.29, 1.82) is 0 Å². The van der Waals surface area contributed by atoms with E-state index in [4.69, 9.17) is 0 Å². The van der Waals surface area contributed by atoms with Crippen LogP contribution >= 0.6 is 0 Å². The second kappa shape index (κ2) is 7.48. The van der Waals surface area contributed by atoms with Gasteiger partial charge < -0.3 is 14.9 Å². The lowest BCUT2D eigenvalue weighted by atomic mass is 9.76. The molecule has 1 aliphatic heterocycles. The molecule has 21 heavy (non-hydrogen) atoms. The Morgan fingerprint density at radius 3 is 2.52 bits per heavy atom. The summed E-state index contributed by atoms with van der Waals surface area (Å²) < 4.78 is 0. The van der Waals surface area contributed by atoms with Crippen molar-refractivity contribution in [3.63, 3.8) is 0 Å². The number of amides is 2. The van der Waals surface area contributed by atoms with E-state index in [1.165, 1.54) is 0 Å². The minimum Gasteiger partial charge on any atom is -0.481 e. The van der Waals surface area contributed by atoms with E-state index in [2.05, 4.69) is 6.58 Å². The van der Waals surface area contributed by atoms with Crippen molar-refractivity contribution in [2.45, 2.75) is 46.5 Å². The van der Waals surface area contributed by atoms with E-state index in [9.17, 15) is 14.7 Å². The molecule has 0 aliphatic carbocycles. The van der Waals surface area contributed by atoms with E-state index in [0.29, 0.717) is 39.0 Å². The molecule has 1 N–H and O–H groups in total. The van der Waals surface area contributed by atoms with Crippen molar-refractivity contribution in [2.75, 3.05) is 26.2 Å². The molecule has 0 saturated carbocycles. The van der Waals surface area contributed by atoms with Crippen LogP contribution in [0.4, 0.5) is 4.79 Å². The van der Waals surface area contributed by atoms with E-state index in [1.54, 1.807) is 9.80 Å². The molecule has 2 amide bonds. The van der Waals surface area contributed by atoms with Gasteiger partial charge in [0, 0.05) is 26.2 Å². The van der Waals surface area contributed by atoms with Gasteiger partial charge in [-0.3, -0.25) is 4.79 Å². The maximum atomic E-state index is 12.6. The summed E-state index contributed by atoms with van der Waals surface area (Å²) in [6.07, 6.45) is 2.85. The Morgan fingerprint density at radius 1 is 1.38 bits per heavy atom. The zero-order valence-corrected chi connectivity index (χ0v) is 13.5. The van der Waals surface area contributed by atoms with Crippen LogP contribution < -0.4 is 0 Å². The van der Waals surface area contributed by atoms with Crippen LogP contribution in [-0.2, 0) is 4.79 Å². The predicted molar refractivity (Wildman–Crippen MR) is 83.2 cm³/mol. The Bertz CT molecular complexity index is 404. The van der Waals surface area contributed by atoms with Gasteiger partial charge in [0.05, 0.1) is 5.41 Å². The minimum atomic E-state index is -0.773. The van der Waals surface area contributed by atoms with Gasteiger partial charge in [-0.2, -0.15) is 0 Å². The largest absolute Gasteiger partial charge is 0.481 e. The van der Waals surface area contributed by atoms with Crippen molar-refractivity contribution in [1.82, 2.24) is 9.80 Å². The number of carbonyl (C=O) groups is 2. The zero-order chi connectivity index (χ0) is 16.0. The second-order valence-corrected chi connectivity index (χ2v) is 6.11. The van der Waals surface area contributed by atoms with Crippen LogP contribution in [0.2, 0.25) is 0 Å². The number of likely N-dealkylation sites (tertiary alicyclic amines) is 1. The molecule has 0 aromatic carbocycles. The lowest BCUT2D eigenvalue weighted by Gasteiger charge is -2.41. The number of hydrogen-bond donors (Lipinski definition) is 1. The third kappa shape index (κ3) is 4.22. The summed E-state index contributed by atoms with van der Waals surface area (Å²) in [5.74, 6) is -0.773. The molecule has 1 atom stereocenters. The smallest absolute Gasteiger partial charge is 0.320 e. The molecule has 120 valence electrons. The van der Waals surface area contributed by atoms with Crippen molar-refractivity contribution in [3.05, 3.63) is 12.2 Å². The number of likely N-dealkylation sites (N-methyl/N-ethyl adjacent to an activating group) is 1. The quantitative estimate of drug-likeness (QED) is 0.767. The number of aliphatic carboxylic acids is 1. The fraction of sp³-hybridized carbons (Fsp3) is 0.750. The van der Waals surface area contributed by atoms with Crippen molar-refractivity contribution >= 4 is 12.0 Å². The van der Waals surface area contributed by atoms with Gasteiger partial charge in [0.2, 0.25) is 0 Å². The molecular formula is C16H28N2O3. The van der Waals surface area contributed by atoms with Gasteiger partial charge in [0.15, 0.2) is 0 Å². The summed E-state index contributed by atoms with van der Waals surface area (Å²) in [6, 6.07) is -0.0677. The average molecular weight is 296 g/mol. The van der Waals surface area contributed by atoms with Crippen LogP contribution in [0.15, 0.2) is 12.2 Å². The number of carboxylic acid groups (broad SMARTS) is 1. The van der Waals surface area contributed by atoms with Gasteiger partial charge in [-0.05, 0) is 33.1 Å². The van der Waals surface area contributed by atoms with E-state index in [-0.39, 0.29) is 6.03 Å². The highest BCUT2D eigenvalue weighted by molar-refractivity contribution is 5.79. The number of carbonyl (C=O) groups excluding carboxylic acids is 1. The molecule has 1 unspecified atom stereocenters. The van der Waals surface area contributed by atoms with E-state index in [0.717, 1.165) is 18.4 Å². The number of nitrogens with zero attached hydrogens (tertiary/aromatic N) is 2. The van der Waals surface area contributed by atoms with Crippen LogP contribution in [0.5, 0.6) is 0 Å². The third-order valence-electron chi connectivity index (χ3n) is 4.14. The van der Waals surface area contributed by atoms with Gasteiger partial charge in [-0.25, -0.2) is 4.79 Å². The molecular weight excluding hydrogens is 268 g/mol. The van der Waals surface area contributed by atoms with Gasteiger partial charge in [0.25, 0.3) is 0 Å². The molecule has 5 heteroatoms. The number of urea groups is 1. The topological polar surface area (TPSA) is 60.9 Å². The fourth-order valence-corrected chi connectivity index (χ4v) is 3.10. The highest BCUT2D eigenvalue weighted by Gasteiger charge is 2.43. The van der Waals surface area contributed by atoms with E-state index < -0.39 is 11.4 Å². The molecule has 1 saturated heterocycles. The Hall–Kier alpha value is -1.52. The lowest BCUT2D eigenvalue weighted by molar-refractivity contribution is -0.152. The lowest BCUT2D eigenvalue weighted by Crippen LogP contribution is -2.53. The highest BCUT2D eigenvalue weighted by Crippen LogP contribution is 2.35. The van der Waals surface area contributed by atoms with Gasteiger partial charge in [-0.15, -0.1) is 0 Å². The first kappa shape index (κ1) is 17.5. The highest BCUT2D eigenvalue weighted by atomic mass is 16.4. The van der Waals surface area contributed by atoms with E-state index in [1.807, 2.05) is 20.8 Å². The zero-order valence-electron chi connectivity index (χ0n) is 13.5. The van der Waals surface area contributed by atoms with Gasteiger partial charge >= 0.3 is 12.0 Å². The Balaban J connectivity index is 2.85. The maximum Gasteiger partial charge on any atom is 0.320 e. The summed E-state index contributed by atoms with van der Waals surface area (Å²) in [7, 11) is 0. The molecule has 1 rings (SSSR count). The average Bonchev–Trinajstić information content (AvgIpc) is 2.44. The Morgan fingerprint density at radius 2 is 2.05 bits per heavy atom. The summed E-state index contributed by atoms with van der Waals surface area (Å²) in [5.41, 5.74) is 0.158. The first-order valence-electron chi connectivity index (χ1n) is 7.78. The molecule has 0 aromatic rings. The van der Waals surface area contributed by atoms with Crippen molar-refractivity contribution in [2.24, 2.45) is 5.41 Å². The maximum absolute atomic E-state index is 12.6. The molecule has 1 aliphatic rings. The Labute approximate surface area is 127 Å². The molecule has 0 spiro atoms. The number of piperidine rings is 1. The summed E-state index contributed by atoms with van der Waals surface area (Å²) in [6.45, 7) is 11.8. The third-order valence-corrected chi connectivity index (χ3v) is 4.14. The van der Waals surface area contributed by atoms with Gasteiger partial charge in [-0.1, -0.05) is 25.5 Å². The number of carboxylic acids is 1. The summed E-state index contributed by atoms with van der Waals surface area (Å²) in [5, 5.41) is 9.59. The molecule has 0 aromatic heterocycles. The van der Waals surface area contributed by atoms with Crippen LogP contribution in [0.1, 0.15) is 46.5 Å². The van der Waals surface area contributed by atoms with Crippen LogP contribution in [0.3, 0.4) is 0 Å². The summed E-state index contributed by atoms with van der Waals surface area (Å²) in [4.78, 5) is 27.7. The molecule has 0 radical (unpaired) electrons. The molecule has 0 bridgehead atoms. The van der Waals surface area contributed by atoms with Crippen molar-refractivity contribution < 1.29 is 14.7 Å². The van der Waals surface area contributed by atoms with Crippen LogP contribution in [0.25, 0.3) is 0 Å². The van der Waals surface area contributed by atoms with Gasteiger partial charge in [0.1, 0.15) is 0 Å². The van der Waals surface area contributed by atoms with Crippen LogP contribution in [-0.4, -0.2) is 53.1 Å². The van der Waals surface area contributed by atoms with Crippen LogP contribution in [0, 0.1) is 5.41 Å². The predicted octanol–water partition coefficient (Wildman–Crippen LogP) is 2.97. The molecule has 1 fully saturated rings. The number of rotatable bonds is 6. The summed E-state index contributed by atoms with van der Waals surface area (Å²) >= 11 is 0. The number of hydrogen-bond acceptors (Lipinski definition) is 2. The molecule has 1 heterocycles.